The molecule has 6 nitrogen and oxygen atoms in total. The third-order valence-corrected chi connectivity index (χ3v) is 3.33. The van der Waals surface area contributed by atoms with E-state index in [0.29, 0.717) is 24.2 Å². The number of ether oxygens (including phenoxy) is 1. The number of nitrogens with one attached hydrogen (secondary N) is 1. The van der Waals surface area contributed by atoms with Gasteiger partial charge in [-0.1, -0.05) is 12.1 Å². The van der Waals surface area contributed by atoms with Crippen LogP contribution in [0, 0.1) is 11.3 Å². The van der Waals surface area contributed by atoms with E-state index in [9.17, 15) is 14.7 Å². The van der Waals surface area contributed by atoms with Gasteiger partial charge in [0.05, 0.1) is 11.6 Å². The number of carbonyl (C=O) groups is 2. The number of carbonyl (C=O) groups excluding carboxylic acids is 1. The number of aliphatic carboxylic acids is 1. The van der Waals surface area contributed by atoms with Crippen LogP contribution in [0.5, 0.6) is 0 Å². The van der Waals surface area contributed by atoms with E-state index in [1.807, 2.05) is 6.07 Å². The molecule has 0 unspecified atom stereocenters. The molecular formula is C15H16N2O4. The minimum absolute atomic E-state index is 0.128. The monoisotopic (exact) mass is 288 g/mol. The summed E-state index contributed by atoms with van der Waals surface area (Å²) in [7, 11) is 0. The van der Waals surface area contributed by atoms with E-state index in [2.05, 4.69) is 5.32 Å². The van der Waals surface area contributed by atoms with Crippen LogP contribution in [-0.2, 0) is 20.7 Å². The van der Waals surface area contributed by atoms with Crippen molar-refractivity contribution in [2.75, 3.05) is 6.61 Å². The summed E-state index contributed by atoms with van der Waals surface area (Å²) in [6, 6.07) is 7.65. The van der Waals surface area contributed by atoms with Crippen molar-refractivity contribution in [1.82, 2.24) is 5.32 Å². The zero-order valence-electron chi connectivity index (χ0n) is 11.4. The Hall–Kier alpha value is -2.39. The predicted molar refractivity (Wildman–Crippen MR) is 73.4 cm³/mol. The van der Waals surface area contributed by atoms with E-state index in [-0.39, 0.29) is 6.42 Å². The van der Waals surface area contributed by atoms with Gasteiger partial charge in [-0.3, -0.25) is 4.79 Å². The molecule has 0 radical (unpaired) electrons. The molecule has 0 bridgehead atoms. The number of amides is 1. The lowest BCUT2D eigenvalue weighted by Crippen LogP contribution is -2.46. The van der Waals surface area contributed by atoms with Crippen LogP contribution in [0.15, 0.2) is 24.3 Å². The molecule has 21 heavy (non-hydrogen) atoms. The average molecular weight is 288 g/mol. The molecule has 1 heterocycles. The van der Waals surface area contributed by atoms with Gasteiger partial charge in [-0.05, 0) is 30.5 Å². The predicted octanol–water partition coefficient (Wildman–Crippen LogP) is 0.849. The zero-order chi connectivity index (χ0) is 15.2. The molecule has 1 aliphatic rings. The van der Waals surface area contributed by atoms with Gasteiger partial charge in [-0.15, -0.1) is 0 Å². The van der Waals surface area contributed by atoms with Crippen LogP contribution in [0.2, 0.25) is 0 Å². The number of hydrogen-bond acceptors (Lipinski definition) is 4. The number of carboxylic acids is 1. The maximum atomic E-state index is 11.9. The molecule has 1 aromatic rings. The first kappa shape index (κ1) is 15.0. The molecular weight excluding hydrogens is 272 g/mol. The third kappa shape index (κ3) is 4.04. The second-order valence-corrected chi connectivity index (χ2v) is 4.92. The summed E-state index contributed by atoms with van der Waals surface area (Å²) in [5.41, 5.74) is 1.15. The molecule has 1 fully saturated rings. The van der Waals surface area contributed by atoms with Crippen molar-refractivity contribution in [3.63, 3.8) is 0 Å². The van der Waals surface area contributed by atoms with Crippen molar-refractivity contribution >= 4 is 11.9 Å². The van der Waals surface area contributed by atoms with Gasteiger partial charge >= 0.3 is 5.97 Å². The molecule has 0 spiro atoms. The Kier molecular flexibility index (Phi) is 4.90. The van der Waals surface area contributed by atoms with Crippen LogP contribution in [0.3, 0.4) is 0 Å². The highest BCUT2D eigenvalue weighted by Gasteiger charge is 2.28. The summed E-state index contributed by atoms with van der Waals surface area (Å²) in [6.45, 7) is 0.528. The molecule has 0 aromatic heterocycles. The topological polar surface area (TPSA) is 99.4 Å². The van der Waals surface area contributed by atoms with Crippen molar-refractivity contribution in [2.24, 2.45) is 0 Å². The number of rotatable bonds is 5. The van der Waals surface area contributed by atoms with Crippen LogP contribution in [0.4, 0.5) is 0 Å². The normalized spacial score (nSPS) is 18.7. The molecule has 2 N–H and O–H groups in total. The summed E-state index contributed by atoms with van der Waals surface area (Å²) < 4.78 is 5.23. The lowest BCUT2D eigenvalue weighted by molar-refractivity contribution is -0.143. The van der Waals surface area contributed by atoms with Crippen molar-refractivity contribution in [3.8, 4) is 6.07 Å². The molecule has 110 valence electrons. The molecule has 6 heteroatoms. The Labute approximate surface area is 122 Å². The van der Waals surface area contributed by atoms with Crippen LogP contribution < -0.4 is 5.32 Å². The minimum Gasteiger partial charge on any atom is -0.480 e. The fourth-order valence-corrected chi connectivity index (χ4v) is 2.25. The van der Waals surface area contributed by atoms with Gasteiger partial charge in [-0.25, -0.2) is 4.79 Å². The van der Waals surface area contributed by atoms with Crippen LogP contribution in [0.1, 0.15) is 24.0 Å². The standard InChI is InChI=1S/C15H16N2O4/c16-9-11-4-1-3-10(7-11)8-12(15(19)20)17-14(18)13-5-2-6-21-13/h1,3-4,7,12-13H,2,5-6,8H2,(H,17,18)(H,19,20)/t12-,13+/m0/s1. The first-order valence-electron chi connectivity index (χ1n) is 6.74. The minimum atomic E-state index is -1.11. The fourth-order valence-electron chi connectivity index (χ4n) is 2.25. The lowest BCUT2D eigenvalue weighted by Gasteiger charge is -2.17. The van der Waals surface area contributed by atoms with E-state index in [1.54, 1.807) is 24.3 Å². The van der Waals surface area contributed by atoms with Crippen LogP contribution in [-0.4, -0.2) is 35.7 Å². The number of hydrogen-bond donors (Lipinski definition) is 2. The van der Waals surface area contributed by atoms with Gasteiger partial charge in [0.15, 0.2) is 0 Å². The van der Waals surface area contributed by atoms with Crippen LogP contribution in [0.25, 0.3) is 0 Å². The maximum absolute atomic E-state index is 11.9. The maximum Gasteiger partial charge on any atom is 0.326 e. The molecule has 1 aliphatic heterocycles. The van der Waals surface area contributed by atoms with E-state index in [4.69, 9.17) is 10.00 Å². The molecule has 0 saturated carbocycles. The van der Waals surface area contributed by atoms with Crippen molar-refractivity contribution in [3.05, 3.63) is 35.4 Å². The van der Waals surface area contributed by atoms with Gasteiger partial charge in [-0.2, -0.15) is 5.26 Å². The Balaban J connectivity index is 2.03. The second kappa shape index (κ2) is 6.86. The fraction of sp³-hybridized carbons (Fsp3) is 0.400. The highest BCUT2D eigenvalue weighted by atomic mass is 16.5. The molecule has 1 saturated heterocycles. The number of nitriles is 1. The second-order valence-electron chi connectivity index (χ2n) is 4.92. The Morgan fingerprint density at radius 2 is 2.33 bits per heavy atom. The Bertz CT molecular complexity index is 573. The first-order valence-corrected chi connectivity index (χ1v) is 6.74. The van der Waals surface area contributed by atoms with E-state index in [1.165, 1.54) is 0 Å². The molecule has 1 amide bonds. The molecule has 2 rings (SSSR count). The summed E-state index contributed by atoms with van der Waals surface area (Å²) >= 11 is 0. The summed E-state index contributed by atoms with van der Waals surface area (Å²) in [5, 5.41) is 20.6. The summed E-state index contributed by atoms with van der Waals surface area (Å²) in [6.07, 6.45) is 0.989. The smallest absolute Gasteiger partial charge is 0.326 e. The molecule has 0 aliphatic carbocycles. The van der Waals surface area contributed by atoms with Gasteiger partial charge in [0, 0.05) is 13.0 Å². The summed E-state index contributed by atoms with van der Waals surface area (Å²) in [4.78, 5) is 23.2. The number of nitrogens with zero attached hydrogens (tertiary/aromatic N) is 1. The molecule has 2 atom stereocenters. The Morgan fingerprint density at radius 1 is 1.52 bits per heavy atom. The van der Waals surface area contributed by atoms with Crippen LogP contribution >= 0.6 is 0 Å². The van der Waals surface area contributed by atoms with E-state index in [0.717, 1.165) is 6.42 Å². The lowest BCUT2D eigenvalue weighted by atomic mass is 10.0. The van der Waals surface area contributed by atoms with Gasteiger partial charge in [0.1, 0.15) is 12.1 Å². The van der Waals surface area contributed by atoms with Gasteiger partial charge < -0.3 is 15.2 Å². The largest absolute Gasteiger partial charge is 0.480 e. The van der Waals surface area contributed by atoms with E-state index < -0.39 is 24.0 Å². The highest BCUT2D eigenvalue weighted by molar-refractivity contribution is 5.86. The first-order chi connectivity index (χ1) is 10.1. The average Bonchev–Trinajstić information content (AvgIpc) is 3.01. The van der Waals surface area contributed by atoms with E-state index >= 15 is 0 Å². The van der Waals surface area contributed by atoms with Crippen molar-refractivity contribution < 1.29 is 19.4 Å². The third-order valence-electron chi connectivity index (χ3n) is 3.33. The quantitative estimate of drug-likeness (QED) is 0.836. The Morgan fingerprint density at radius 3 is 2.95 bits per heavy atom. The van der Waals surface area contributed by atoms with Crippen molar-refractivity contribution in [1.29, 1.82) is 5.26 Å². The van der Waals surface area contributed by atoms with Gasteiger partial charge in [0.2, 0.25) is 5.91 Å². The molecule has 1 aromatic carbocycles. The van der Waals surface area contributed by atoms with Gasteiger partial charge in [0.25, 0.3) is 0 Å². The number of benzene rings is 1. The van der Waals surface area contributed by atoms with Crippen molar-refractivity contribution in [2.45, 2.75) is 31.4 Å². The number of carboxylic acid groups (broad SMARTS) is 1. The summed E-state index contributed by atoms with van der Waals surface area (Å²) in [5.74, 6) is -1.50. The highest BCUT2D eigenvalue weighted by Crippen LogP contribution is 2.13. The zero-order valence-corrected chi connectivity index (χ0v) is 11.4. The SMILES string of the molecule is N#Cc1cccc(C[C@H](NC(=O)[C@H]2CCCO2)C(=O)O)c1.